The Balaban J connectivity index is 1.23. The number of carbonyl (C=O) groups is 12. The molecule has 4 aromatic rings. The molecule has 3 fully saturated rings. The minimum Gasteiger partial charge on any atom is -0.508 e. The lowest BCUT2D eigenvalue weighted by Gasteiger charge is -2.30. The van der Waals surface area contributed by atoms with Gasteiger partial charge in [0.15, 0.2) is 5.96 Å². The van der Waals surface area contributed by atoms with Crippen molar-refractivity contribution in [2.45, 2.75) is 164 Å². The lowest BCUT2D eigenvalue weighted by molar-refractivity contribution is -0.141. The van der Waals surface area contributed by atoms with Gasteiger partial charge in [-0.15, -0.1) is 0 Å². The number of carboxylic acid groups (broad SMARTS) is 1. The van der Waals surface area contributed by atoms with Gasteiger partial charge < -0.3 is 96.0 Å². The molecule has 0 spiro atoms. The van der Waals surface area contributed by atoms with E-state index < -0.39 is 132 Å². The highest BCUT2D eigenvalue weighted by molar-refractivity contribution is 8.76. The molecule has 2 aliphatic heterocycles. The number of phenolic OH excluding ortho intramolecular Hbond substituents is 2. The average molecular weight is 1410 g/mol. The fraction of sp³-hybridized carbons (Fsp3) is 0.500. The topological polar surface area (TPSA) is 509 Å². The van der Waals surface area contributed by atoms with E-state index in [1.807, 2.05) is 0 Å². The first-order chi connectivity index (χ1) is 47.5. The Kier molecular flexibility index (Phi) is 29.8. The number of H-pyrrole nitrogens is 1. The van der Waals surface area contributed by atoms with Crippen molar-refractivity contribution in [1.29, 1.82) is 0 Å². The smallest absolute Gasteiger partial charge is 0.305 e. The van der Waals surface area contributed by atoms with Gasteiger partial charge in [-0.25, -0.2) is 0 Å². The third-order valence-corrected chi connectivity index (χ3v) is 19.7. The van der Waals surface area contributed by atoms with Crippen LogP contribution in [0.2, 0.25) is 0 Å². The summed E-state index contributed by atoms with van der Waals surface area (Å²) >= 11 is 0. The maximum Gasteiger partial charge on any atom is 0.305 e. The van der Waals surface area contributed by atoms with Crippen LogP contribution in [0.15, 0.2) is 84.0 Å². The number of aliphatic carboxylic acids is 1. The Morgan fingerprint density at radius 1 is 0.667 bits per heavy atom. The van der Waals surface area contributed by atoms with Gasteiger partial charge in [0, 0.05) is 86.9 Å². The Morgan fingerprint density at radius 2 is 1.31 bits per heavy atom. The van der Waals surface area contributed by atoms with Crippen molar-refractivity contribution < 1.29 is 72.9 Å². The number of nitrogens with one attached hydrogen (secondary N) is 10. The number of aromatic hydroxyl groups is 2. The van der Waals surface area contributed by atoms with Crippen molar-refractivity contribution in [1.82, 2.24) is 57.7 Å². The van der Waals surface area contributed by atoms with E-state index in [1.54, 1.807) is 30.5 Å². The molecule has 536 valence electrons. The molecule has 2 saturated heterocycles. The van der Waals surface area contributed by atoms with Crippen molar-refractivity contribution in [3.05, 3.63) is 95.7 Å². The van der Waals surface area contributed by atoms with Gasteiger partial charge in [-0.3, -0.25) is 62.5 Å². The summed E-state index contributed by atoms with van der Waals surface area (Å²) in [6.45, 7) is 0.450. The van der Waals surface area contributed by atoms with Crippen LogP contribution in [-0.4, -0.2) is 194 Å². The lowest BCUT2D eigenvalue weighted by atomic mass is 9.95. The molecule has 0 unspecified atom stereocenters. The van der Waals surface area contributed by atoms with E-state index in [0.29, 0.717) is 61.6 Å². The average Bonchev–Trinajstić information content (AvgIpc) is 1.76. The normalized spacial score (nSPS) is 23.0. The number of nitrogens with zero attached hydrogens (tertiary/aromatic N) is 2. The summed E-state index contributed by atoms with van der Waals surface area (Å²) in [6.07, 6.45) is 4.21. The van der Waals surface area contributed by atoms with Crippen LogP contribution >= 0.6 is 21.6 Å². The first-order valence-corrected chi connectivity index (χ1v) is 35.6. The number of rotatable bonds is 20. The third-order valence-electron chi connectivity index (χ3n) is 17.3. The fourth-order valence-corrected chi connectivity index (χ4v) is 14.3. The quantitative estimate of drug-likeness (QED) is 0.0221. The number of aromatic nitrogens is 1. The Morgan fingerprint density at radius 3 is 1.99 bits per heavy atom. The summed E-state index contributed by atoms with van der Waals surface area (Å²) < 4.78 is 0. The van der Waals surface area contributed by atoms with Crippen LogP contribution in [0.5, 0.6) is 11.5 Å². The second-order valence-electron chi connectivity index (χ2n) is 24.7. The largest absolute Gasteiger partial charge is 0.508 e. The number of guanidine groups is 1. The predicted octanol–water partition coefficient (Wildman–Crippen LogP) is -0.899. The molecule has 9 atom stereocenters. The van der Waals surface area contributed by atoms with Crippen LogP contribution in [0.1, 0.15) is 107 Å². The zero-order chi connectivity index (χ0) is 71.5. The number of fused-ring (bicyclic) bond motifs is 1. The first kappa shape index (κ1) is 76.7. The molecule has 33 heteroatoms. The van der Waals surface area contributed by atoms with E-state index in [4.69, 9.17) is 22.9 Å². The highest BCUT2D eigenvalue weighted by Gasteiger charge is 2.40. The Bertz CT molecular complexity index is 3520. The SMILES string of the molecule is NCCC(=O)N1CCC[C@H]1C(=O)N[C@@H](Cc1ccc(O)cc1)C(=O)N[C@H]1CSSC[C@@H](C(N)=O)NC(=O)[C@H](CC(=O)O)NC(=O)[C@H](Cc2c[nH]c3ccccc23)NC(=O)CCCCCNC(=O)[C@H](CCCN=C(N)N)NC(=O)[C@H](Cc2ccc(O)cc2)NC(=O)[C@H](C2CCCC2)NC1=O. The molecule has 3 heterocycles. The van der Waals surface area contributed by atoms with Gasteiger partial charge in [-0.05, 0) is 104 Å². The molecule has 11 amide bonds. The number of para-hydroxylation sites is 1. The van der Waals surface area contributed by atoms with Gasteiger partial charge in [-0.2, -0.15) is 0 Å². The van der Waals surface area contributed by atoms with Crippen molar-refractivity contribution in [3.63, 3.8) is 0 Å². The van der Waals surface area contributed by atoms with Crippen LogP contribution < -0.4 is 70.8 Å². The van der Waals surface area contributed by atoms with Crippen molar-refractivity contribution in [2.24, 2.45) is 33.8 Å². The molecular formula is C66H90N16O15S2. The van der Waals surface area contributed by atoms with Crippen LogP contribution in [0.25, 0.3) is 10.9 Å². The van der Waals surface area contributed by atoms with E-state index in [2.05, 4.69) is 57.8 Å². The molecule has 99 heavy (non-hydrogen) atoms. The molecule has 1 aliphatic carbocycles. The first-order valence-electron chi connectivity index (χ1n) is 33.1. The lowest BCUT2D eigenvalue weighted by Crippen LogP contribution is -2.61. The minimum absolute atomic E-state index is 0.0176. The molecule has 7 rings (SSSR count). The summed E-state index contributed by atoms with van der Waals surface area (Å²) in [4.78, 5) is 178. The number of phenols is 2. The number of primary amides is 1. The van der Waals surface area contributed by atoms with E-state index >= 15 is 9.59 Å². The number of aromatic amines is 1. The van der Waals surface area contributed by atoms with E-state index in [0.717, 1.165) is 32.5 Å². The Labute approximate surface area is 579 Å². The molecule has 3 aliphatic rings. The van der Waals surface area contributed by atoms with Crippen molar-refractivity contribution in [3.8, 4) is 11.5 Å². The number of carboxylic acids is 1. The summed E-state index contributed by atoms with van der Waals surface area (Å²) in [5, 5.41) is 55.5. The van der Waals surface area contributed by atoms with Gasteiger partial charge in [0.25, 0.3) is 0 Å². The van der Waals surface area contributed by atoms with Gasteiger partial charge in [0.2, 0.25) is 65.0 Å². The zero-order valence-electron chi connectivity index (χ0n) is 54.8. The fourth-order valence-electron chi connectivity index (χ4n) is 12.0. The van der Waals surface area contributed by atoms with Gasteiger partial charge >= 0.3 is 5.97 Å². The minimum atomic E-state index is -1.83. The summed E-state index contributed by atoms with van der Waals surface area (Å²) in [5.74, 6) is -11.9. The van der Waals surface area contributed by atoms with Crippen LogP contribution in [0.3, 0.4) is 0 Å². The molecule has 31 nitrogen and oxygen atoms in total. The highest BCUT2D eigenvalue weighted by atomic mass is 33.1. The summed E-state index contributed by atoms with van der Waals surface area (Å²) in [6, 6.07) is 6.02. The zero-order valence-corrected chi connectivity index (χ0v) is 56.4. The van der Waals surface area contributed by atoms with E-state index in [1.165, 1.54) is 53.4 Å². The van der Waals surface area contributed by atoms with Gasteiger partial charge in [0.1, 0.15) is 65.9 Å². The Hall–Kier alpha value is -9.63. The molecule has 1 aromatic heterocycles. The summed E-state index contributed by atoms with van der Waals surface area (Å²) in [7, 11) is 1.79. The second-order valence-corrected chi connectivity index (χ2v) is 27.3. The number of hydrogen-bond acceptors (Lipinski definition) is 18. The van der Waals surface area contributed by atoms with E-state index in [-0.39, 0.29) is 119 Å². The van der Waals surface area contributed by atoms with Gasteiger partial charge in [-0.1, -0.05) is 83.3 Å². The van der Waals surface area contributed by atoms with Gasteiger partial charge in [0.05, 0.1) is 6.42 Å². The number of amides is 11. The molecule has 3 aromatic carbocycles. The van der Waals surface area contributed by atoms with Crippen LogP contribution in [0, 0.1) is 5.92 Å². The highest BCUT2D eigenvalue weighted by Crippen LogP contribution is 2.30. The number of likely N-dealkylation sites (tertiary alicyclic amines) is 1. The molecule has 1 saturated carbocycles. The number of nitrogens with two attached hydrogens (primary N) is 4. The third kappa shape index (κ3) is 24.1. The summed E-state index contributed by atoms with van der Waals surface area (Å²) in [5.41, 5.74) is 25.0. The number of aliphatic imine (C=N–C) groups is 1. The maximum atomic E-state index is 15.2. The molecule has 0 bridgehead atoms. The van der Waals surface area contributed by atoms with Crippen molar-refractivity contribution >= 4 is 109 Å². The monoisotopic (exact) mass is 1410 g/mol. The molecule has 0 radical (unpaired) electrons. The second kappa shape index (κ2) is 38.5. The standard InChI is InChI=1S/C66H90N16O15S2/c67-26-25-54(86)82-29-9-15-52(82)64(96)77-46(30-37-17-21-41(83)22-18-37)60(92)80-51-36-99-98-35-50(57(68)89)79-62(94)49(33-55(87)88)76-61(93)48(32-40-34-73-44-13-6-5-12-43(40)44)74-53(85)16-2-1-7-27-71-58(90)45(14-8-28-72-66(69)70)75-59(91)47(31-38-19-23-42(84)24-20-38)78-65(97)56(81-63(51)95)39-10-3-4-11-39/h5-6,12-13,17-24,34,39,45-52,56,73,83-84H,1-4,7-11,14-16,25-33,35-36,67H2,(H2,68,89)(H,71,90)(H,74,85)(H,75,91)(H,76,93)(H,77,96)(H,78,97)(H,79,94)(H,80,92)(H,81,95)(H,87,88)(H4,69,70,72)/t45-,46-,47-,48-,49-,50-,51-,52-,56-/m0/s1. The van der Waals surface area contributed by atoms with Crippen LogP contribution in [0.4, 0.5) is 0 Å². The number of carbonyl (C=O) groups excluding carboxylic acids is 11. The number of benzene rings is 3. The maximum absolute atomic E-state index is 15.2. The predicted molar refractivity (Wildman–Crippen MR) is 369 cm³/mol. The van der Waals surface area contributed by atoms with E-state index in [9.17, 15) is 63.3 Å². The van der Waals surface area contributed by atoms with Crippen LogP contribution in [-0.2, 0) is 76.8 Å². The number of hydrogen-bond donors (Lipinski definition) is 17. The van der Waals surface area contributed by atoms with Crippen molar-refractivity contribution in [2.75, 3.05) is 37.7 Å². The molecular weight excluding hydrogens is 1320 g/mol. The molecule has 21 N–H and O–H groups in total.